The molecular formula is C26H19N3O2S. The van der Waals surface area contributed by atoms with Crippen LogP contribution in [0, 0.1) is 0 Å². The number of thiophene rings is 1. The Morgan fingerprint density at radius 3 is 2.78 bits per heavy atom. The van der Waals surface area contributed by atoms with E-state index < -0.39 is 0 Å². The van der Waals surface area contributed by atoms with E-state index in [0.29, 0.717) is 11.2 Å². The number of amides is 1. The third kappa shape index (κ3) is 2.88. The van der Waals surface area contributed by atoms with E-state index in [1.807, 2.05) is 30.3 Å². The van der Waals surface area contributed by atoms with Crippen LogP contribution in [0.3, 0.4) is 0 Å². The van der Waals surface area contributed by atoms with Crippen molar-refractivity contribution in [2.24, 2.45) is 0 Å². The van der Waals surface area contributed by atoms with Gasteiger partial charge < -0.3 is 15.4 Å². The number of pyridine rings is 1. The number of benzene rings is 2. The minimum atomic E-state index is -0.244. The average Bonchev–Trinajstić information content (AvgIpc) is 3.57. The standard InChI is InChI=1S/C26H19N3O2S/c30-13-16-12-15(14-32-16)17-6-3-7-22-23(17)18-4-1-2-5-19(18)24(22)29-26(31)21-9-11-28-25-20(21)8-10-27-25/h1-12,14,24,30H,13H2,(H,27,28)(H,29,31). The van der Waals surface area contributed by atoms with E-state index in [-0.39, 0.29) is 18.6 Å². The number of nitrogens with zero attached hydrogens (tertiary/aromatic N) is 1. The maximum atomic E-state index is 13.4. The first-order chi connectivity index (χ1) is 15.7. The monoisotopic (exact) mass is 437 g/mol. The number of carbonyl (C=O) groups is 1. The van der Waals surface area contributed by atoms with Gasteiger partial charge in [-0.15, -0.1) is 11.3 Å². The number of rotatable bonds is 4. The van der Waals surface area contributed by atoms with Gasteiger partial charge in [0.25, 0.3) is 5.91 Å². The molecule has 6 heteroatoms. The van der Waals surface area contributed by atoms with Crippen LogP contribution in [0.15, 0.2) is 78.4 Å². The van der Waals surface area contributed by atoms with Crippen LogP contribution in [0.5, 0.6) is 0 Å². The summed E-state index contributed by atoms with van der Waals surface area (Å²) in [5, 5.41) is 15.7. The molecule has 6 rings (SSSR count). The van der Waals surface area contributed by atoms with Crippen molar-refractivity contribution in [2.45, 2.75) is 12.6 Å². The Morgan fingerprint density at radius 1 is 1.06 bits per heavy atom. The highest BCUT2D eigenvalue weighted by Gasteiger charge is 2.32. The topological polar surface area (TPSA) is 78.0 Å². The molecule has 0 fully saturated rings. The third-order valence-electron chi connectivity index (χ3n) is 6.05. The summed E-state index contributed by atoms with van der Waals surface area (Å²) < 4.78 is 0. The number of nitrogens with one attached hydrogen (secondary N) is 2. The molecule has 2 aromatic carbocycles. The molecule has 1 aliphatic rings. The number of H-pyrrole nitrogens is 1. The molecule has 1 amide bonds. The fraction of sp³-hybridized carbons (Fsp3) is 0.0769. The molecule has 0 saturated heterocycles. The summed E-state index contributed by atoms with van der Waals surface area (Å²) in [5.41, 5.74) is 7.92. The molecule has 3 heterocycles. The summed E-state index contributed by atoms with van der Waals surface area (Å²) in [6, 6.07) is 19.9. The highest BCUT2D eigenvalue weighted by Crippen LogP contribution is 2.48. The fourth-order valence-corrected chi connectivity index (χ4v) is 5.37. The lowest BCUT2D eigenvalue weighted by Gasteiger charge is -2.17. The number of hydrogen-bond donors (Lipinski definition) is 3. The van der Waals surface area contributed by atoms with Crippen molar-refractivity contribution in [2.75, 3.05) is 0 Å². The zero-order valence-electron chi connectivity index (χ0n) is 17.0. The summed E-state index contributed by atoms with van der Waals surface area (Å²) in [4.78, 5) is 21.6. The van der Waals surface area contributed by atoms with Crippen LogP contribution in [-0.4, -0.2) is 21.0 Å². The van der Waals surface area contributed by atoms with Gasteiger partial charge in [-0.1, -0.05) is 42.5 Å². The van der Waals surface area contributed by atoms with Crippen LogP contribution >= 0.6 is 11.3 Å². The molecule has 3 aromatic heterocycles. The second-order valence-electron chi connectivity index (χ2n) is 7.82. The average molecular weight is 438 g/mol. The number of aromatic amines is 1. The highest BCUT2D eigenvalue weighted by molar-refractivity contribution is 7.10. The number of hydrogen-bond acceptors (Lipinski definition) is 4. The van der Waals surface area contributed by atoms with E-state index in [1.54, 1.807) is 29.8 Å². The zero-order chi connectivity index (χ0) is 21.7. The van der Waals surface area contributed by atoms with Crippen LogP contribution in [0.25, 0.3) is 33.3 Å². The SMILES string of the molecule is O=C(NC1c2ccccc2-c2c(-c3csc(CO)c3)cccc21)c1ccnc2[nH]ccc12. The van der Waals surface area contributed by atoms with Crippen LogP contribution in [0.2, 0.25) is 0 Å². The van der Waals surface area contributed by atoms with Crippen LogP contribution < -0.4 is 5.32 Å². The molecule has 5 nitrogen and oxygen atoms in total. The van der Waals surface area contributed by atoms with Gasteiger partial charge in [0.1, 0.15) is 5.65 Å². The van der Waals surface area contributed by atoms with Crippen molar-refractivity contribution in [1.82, 2.24) is 15.3 Å². The summed E-state index contributed by atoms with van der Waals surface area (Å²) in [6.45, 7) is 0.0362. The van der Waals surface area contributed by atoms with Gasteiger partial charge in [-0.05, 0) is 57.0 Å². The van der Waals surface area contributed by atoms with Crippen molar-refractivity contribution >= 4 is 28.3 Å². The zero-order valence-corrected chi connectivity index (χ0v) is 17.8. The maximum absolute atomic E-state index is 13.4. The van der Waals surface area contributed by atoms with E-state index in [2.05, 4.69) is 44.9 Å². The molecule has 1 unspecified atom stereocenters. The first-order valence-electron chi connectivity index (χ1n) is 10.4. The fourth-order valence-electron chi connectivity index (χ4n) is 4.62. The molecule has 0 saturated carbocycles. The van der Waals surface area contributed by atoms with Gasteiger partial charge in [-0.25, -0.2) is 4.98 Å². The van der Waals surface area contributed by atoms with Crippen LogP contribution in [-0.2, 0) is 6.61 Å². The lowest BCUT2D eigenvalue weighted by molar-refractivity contribution is 0.0945. The van der Waals surface area contributed by atoms with Gasteiger partial charge in [0, 0.05) is 22.7 Å². The lowest BCUT2D eigenvalue weighted by atomic mass is 9.95. The number of aliphatic hydroxyl groups is 1. The number of fused-ring (bicyclic) bond motifs is 4. The Balaban J connectivity index is 1.46. The minimum Gasteiger partial charge on any atom is -0.391 e. The van der Waals surface area contributed by atoms with Crippen molar-refractivity contribution < 1.29 is 9.90 Å². The molecule has 5 aromatic rings. The predicted octanol–water partition coefficient (Wildman–Crippen LogP) is 5.28. The van der Waals surface area contributed by atoms with Gasteiger partial charge in [0.05, 0.1) is 18.2 Å². The molecule has 156 valence electrons. The smallest absolute Gasteiger partial charge is 0.252 e. The minimum absolute atomic E-state index is 0.0362. The van der Waals surface area contributed by atoms with Gasteiger partial charge in [-0.3, -0.25) is 4.79 Å². The Hall–Kier alpha value is -3.74. The Labute approximate surface area is 188 Å². The Morgan fingerprint density at radius 2 is 1.91 bits per heavy atom. The van der Waals surface area contributed by atoms with E-state index in [1.165, 1.54) is 0 Å². The highest BCUT2D eigenvalue weighted by atomic mass is 32.1. The molecule has 0 radical (unpaired) electrons. The quantitative estimate of drug-likeness (QED) is 0.358. The van der Waals surface area contributed by atoms with E-state index in [0.717, 1.165) is 43.6 Å². The second kappa shape index (κ2) is 7.44. The number of carbonyl (C=O) groups excluding carboxylic acids is 1. The largest absolute Gasteiger partial charge is 0.391 e. The van der Waals surface area contributed by atoms with Crippen molar-refractivity contribution in [3.05, 3.63) is 100 Å². The van der Waals surface area contributed by atoms with Crippen molar-refractivity contribution in [3.8, 4) is 22.3 Å². The Bertz CT molecular complexity index is 1480. The predicted molar refractivity (Wildman–Crippen MR) is 127 cm³/mol. The lowest BCUT2D eigenvalue weighted by Crippen LogP contribution is -2.28. The molecular weight excluding hydrogens is 418 g/mol. The van der Waals surface area contributed by atoms with Gasteiger partial charge in [0.15, 0.2) is 0 Å². The first kappa shape index (κ1) is 19.0. The summed E-state index contributed by atoms with van der Waals surface area (Å²) in [6.07, 6.45) is 3.44. The van der Waals surface area contributed by atoms with Crippen molar-refractivity contribution in [3.63, 3.8) is 0 Å². The normalized spacial score (nSPS) is 14.3. The van der Waals surface area contributed by atoms with E-state index >= 15 is 0 Å². The molecule has 0 aliphatic heterocycles. The number of aromatic nitrogens is 2. The molecule has 0 spiro atoms. The first-order valence-corrected chi connectivity index (χ1v) is 11.3. The van der Waals surface area contributed by atoms with Crippen LogP contribution in [0.4, 0.5) is 0 Å². The maximum Gasteiger partial charge on any atom is 0.252 e. The van der Waals surface area contributed by atoms with E-state index in [4.69, 9.17) is 0 Å². The summed E-state index contributed by atoms with van der Waals surface area (Å²) >= 11 is 1.55. The summed E-state index contributed by atoms with van der Waals surface area (Å²) in [5.74, 6) is -0.131. The molecule has 3 N–H and O–H groups in total. The second-order valence-corrected chi connectivity index (χ2v) is 8.82. The molecule has 1 aliphatic carbocycles. The molecule has 32 heavy (non-hydrogen) atoms. The molecule has 1 atom stereocenters. The van der Waals surface area contributed by atoms with Gasteiger partial charge in [-0.2, -0.15) is 0 Å². The van der Waals surface area contributed by atoms with Crippen molar-refractivity contribution in [1.29, 1.82) is 0 Å². The number of aliphatic hydroxyl groups excluding tert-OH is 1. The van der Waals surface area contributed by atoms with Gasteiger partial charge >= 0.3 is 0 Å². The van der Waals surface area contributed by atoms with E-state index in [9.17, 15) is 9.90 Å². The molecule has 0 bridgehead atoms. The van der Waals surface area contributed by atoms with Crippen LogP contribution in [0.1, 0.15) is 32.4 Å². The third-order valence-corrected chi connectivity index (χ3v) is 6.97. The van der Waals surface area contributed by atoms with Gasteiger partial charge in [0.2, 0.25) is 0 Å². The Kier molecular flexibility index (Phi) is 4.41. The summed E-state index contributed by atoms with van der Waals surface area (Å²) in [7, 11) is 0.